The third-order valence-corrected chi connectivity index (χ3v) is 26.3. The minimum absolute atomic E-state index is 0.0478. The van der Waals surface area contributed by atoms with Crippen molar-refractivity contribution in [3.05, 3.63) is 160 Å². The van der Waals surface area contributed by atoms with Crippen LogP contribution >= 0.6 is 0 Å². The van der Waals surface area contributed by atoms with E-state index in [9.17, 15) is 79.2 Å². The third-order valence-electron chi connectivity index (χ3n) is 26.3. The molecule has 0 saturated carbocycles. The quantitative estimate of drug-likeness (QED) is 0.0338. The Morgan fingerprint density at radius 3 is 1.21 bits per heavy atom. The number of rotatable bonds is 4. The lowest BCUT2D eigenvalue weighted by atomic mass is 9.77. The fourth-order valence-electron chi connectivity index (χ4n) is 17.9. The Kier molecular flexibility index (Phi) is 26.2. The van der Waals surface area contributed by atoms with Gasteiger partial charge < -0.3 is 98.5 Å². The summed E-state index contributed by atoms with van der Waals surface area (Å²) in [5.41, 5.74) is -2.01. The van der Waals surface area contributed by atoms with Crippen LogP contribution in [0.5, 0.6) is 23.0 Å². The molecule has 0 radical (unpaired) electrons. The maximum absolute atomic E-state index is 14.0. The number of anilines is 4. The normalized spacial score (nSPS) is 30.8. The molecule has 0 aliphatic carbocycles. The van der Waals surface area contributed by atoms with Crippen molar-refractivity contribution in [1.82, 2.24) is 9.97 Å². The number of aliphatic hydroxyl groups excluding tert-OH is 6. The molecule has 2 aromatic heterocycles. The molecule has 30 heteroatoms. The molecule has 8 aromatic rings. The molecule has 16 rings (SSSR count). The van der Waals surface area contributed by atoms with Gasteiger partial charge in [-0.15, -0.1) is 0 Å². The molecule has 10 bridgehead atoms. The molecule has 2 amide bonds. The lowest BCUT2D eigenvalue weighted by Gasteiger charge is -2.37. The van der Waals surface area contributed by atoms with Crippen LogP contribution in [0.1, 0.15) is 150 Å². The lowest BCUT2D eigenvalue weighted by molar-refractivity contribution is -0.159. The van der Waals surface area contributed by atoms with Gasteiger partial charge in [0.05, 0.1) is 58.1 Å². The van der Waals surface area contributed by atoms with E-state index in [1.807, 2.05) is 27.7 Å². The Morgan fingerprint density at radius 2 is 0.832 bits per heavy atom. The highest BCUT2D eigenvalue weighted by atomic mass is 16.7. The second kappa shape index (κ2) is 36.0. The van der Waals surface area contributed by atoms with Gasteiger partial charge in [-0.25, -0.2) is 9.97 Å². The number of nitrogens with one attached hydrogen (secondary N) is 2. The predicted octanol–water partition coefficient (Wildman–Crippen LogP) is 12.0. The van der Waals surface area contributed by atoms with E-state index in [0.717, 1.165) is 70.4 Å². The summed E-state index contributed by atoms with van der Waals surface area (Å²) in [6, 6.07) is 8.50. The van der Waals surface area contributed by atoms with E-state index >= 15 is 0 Å². The molecule has 10 N–H and O–H groups in total. The number of carbonyl (C=O) groups excluding carboxylic acids is 4. The number of phenols is 2. The summed E-state index contributed by atoms with van der Waals surface area (Å²) in [5.74, 6) is -13.3. The number of hydrogen-bond donors (Lipinski definition) is 10. The molecule has 125 heavy (non-hydrogen) atoms. The first-order valence-electron chi connectivity index (χ1n) is 42.8. The fraction of sp³-hybridized carbons (Fsp3) is 0.474. The van der Waals surface area contributed by atoms with Gasteiger partial charge in [0.1, 0.15) is 46.1 Å². The summed E-state index contributed by atoms with van der Waals surface area (Å²) in [5, 5.41) is 98.3. The second-order valence-electron chi connectivity index (χ2n) is 35.3. The Balaban J connectivity index is 0.000000215. The van der Waals surface area contributed by atoms with Gasteiger partial charge in [0.15, 0.2) is 67.2 Å². The molecule has 8 aliphatic rings. The highest BCUT2D eigenvalue weighted by Crippen LogP contribution is 2.46. The molecule has 2 saturated heterocycles. The molecule has 18 atom stereocenters. The Hall–Kier alpha value is -11.9. The van der Waals surface area contributed by atoms with Crippen molar-refractivity contribution in [2.45, 2.75) is 198 Å². The van der Waals surface area contributed by atoms with Crippen LogP contribution in [0.15, 0.2) is 137 Å². The average molecular weight is 1720 g/mol. The second-order valence-corrected chi connectivity index (χ2v) is 35.3. The van der Waals surface area contributed by atoms with Gasteiger partial charge in [-0.2, -0.15) is 0 Å². The number of piperidine rings is 2. The number of aromatic hydroxyl groups is 2. The Labute approximate surface area is 720 Å². The standard InChI is InChI=1S/C48H57N3O12.C47H55N3O12/c1-22-13-16-51(17-14-22)30-19-32(54)38-34(20-30)62-45-39(49-38)37-35-31(53)21-33-36(37)46(58)48(9,63-33)60-18-15-23(2)26(5)44(61-29(8)52)28(7)42(56)27(6)41(55)24(3)11-10-12-25(4)47(59)50-40(45)43(35)57;1-22-15-18-59-47(8)45(57)35-32(62-47)21-30(52)34-36(35)38-44(61-33-20-29(19-31(53)37(33)48-38)50-16-10-9-11-17-50)39(42(34)56)49-46(58)24(3)14-12-13-23(2)40(54)26(5)41(55)27(6)43(25(22)4)60-28(7)51/h10-12,15,18-24,26-28,41-42,44,55-58H,13-14,16-17H2,1-9H3,(H,50,59);12-15,18-23,25-27,40-41,43,54-57H,9-11,16-17H2,1-8H3,(H,49,58)/b11-10+,18-15+,25-12-;13-12+,18-15+,24-14-/t23-,24-,26+,27+,28+,41-,42+,44+,48-;22-,23-,25+,26+,27+,40-,41+,43+,47-/m00/s1. The van der Waals surface area contributed by atoms with Gasteiger partial charge in [0, 0.05) is 159 Å². The van der Waals surface area contributed by atoms with E-state index in [-0.39, 0.29) is 134 Å². The number of hydrogen-bond acceptors (Lipinski definition) is 28. The highest BCUT2D eigenvalue weighted by molar-refractivity contribution is 6.20. The number of amides is 2. The minimum atomic E-state index is -1.92. The molecule has 2 fully saturated rings. The number of carbonyl (C=O) groups is 4. The third kappa shape index (κ3) is 17.6. The molecule has 0 unspecified atom stereocenters. The van der Waals surface area contributed by atoms with Gasteiger partial charge in [-0.05, 0) is 87.7 Å². The molecular weight excluding hydrogens is 1610 g/mol. The van der Waals surface area contributed by atoms with E-state index in [0.29, 0.717) is 17.3 Å². The Morgan fingerprint density at radius 1 is 0.456 bits per heavy atom. The average Bonchev–Trinajstić information content (AvgIpc) is 1.64. The monoisotopic (exact) mass is 1720 g/mol. The first-order chi connectivity index (χ1) is 59.0. The van der Waals surface area contributed by atoms with Crippen LogP contribution in [0.2, 0.25) is 0 Å². The van der Waals surface area contributed by atoms with Gasteiger partial charge in [-0.1, -0.05) is 113 Å². The maximum Gasteiger partial charge on any atom is 0.307 e. The summed E-state index contributed by atoms with van der Waals surface area (Å²) in [7, 11) is 0. The number of fused-ring (bicyclic) bond motifs is 28. The number of allylic oxidation sites excluding steroid dienone is 6. The topological polar surface area (TPSA) is 436 Å². The Bertz CT molecular complexity index is 6220. The van der Waals surface area contributed by atoms with E-state index in [4.69, 9.17) is 47.2 Å². The number of phenolic OH excluding ortho intramolecular Hbond substituents is 2. The summed E-state index contributed by atoms with van der Waals surface area (Å²) >= 11 is 0. The minimum Gasteiger partial charge on any atom is -0.505 e. The SMILES string of the molecule is CC(=O)O[C@H]1[C@H](C)[C@H](O)[C@H](C)[C@@H](O)[C@@H](C)/C=C/C=C(/C)C(=O)Nc2c(O)c3c(=O)cc4c(c3c3nc5c(=O)cc(N6CCC(C)CC6)cc5oc23)=C(O)[C@@](C)(O/C=C/[C@H](C)[C@H]1C)O4.CC(=O)O[C@H]1[C@H](C)[C@H](O)[C@H](C)[C@@H](O)[C@@H](C)/C=C/C=C(/C)C(=O)Nc2c(O)c3c(=O)cc4c(c3c3nc5c(=O)cc(N6CCCCC6)cc5oc23)=C(O)[C@@](C)(O/C=C/[C@H](C)[C@H]1C)O4. The summed E-state index contributed by atoms with van der Waals surface area (Å²) in [6.45, 7) is 31.5. The molecular formula is C95H112N6O24. The van der Waals surface area contributed by atoms with Gasteiger partial charge >= 0.3 is 23.5 Å². The largest absolute Gasteiger partial charge is 0.505 e. The van der Waals surface area contributed by atoms with Gasteiger partial charge in [0.25, 0.3) is 11.8 Å². The predicted molar refractivity (Wildman–Crippen MR) is 474 cm³/mol. The van der Waals surface area contributed by atoms with E-state index in [1.165, 1.54) is 78.4 Å². The van der Waals surface area contributed by atoms with Crippen molar-refractivity contribution in [1.29, 1.82) is 0 Å². The molecule has 0 spiro atoms. The number of benzene rings is 6. The zero-order valence-corrected chi connectivity index (χ0v) is 73.3. The van der Waals surface area contributed by atoms with Crippen molar-refractivity contribution in [2.24, 2.45) is 65.1 Å². The van der Waals surface area contributed by atoms with Crippen LogP contribution in [-0.2, 0) is 38.1 Å². The van der Waals surface area contributed by atoms with Crippen LogP contribution in [0.3, 0.4) is 0 Å². The van der Waals surface area contributed by atoms with E-state index in [2.05, 4.69) is 27.4 Å². The molecule has 666 valence electrons. The van der Waals surface area contributed by atoms with E-state index in [1.54, 1.807) is 90.1 Å². The van der Waals surface area contributed by atoms with Crippen molar-refractivity contribution in [3.8, 4) is 23.0 Å². The summed E-state index contributed by atoms with van der Waals surface area (Å²) in [4.78, 5) is 122. The fourth-order valence-corrected chi connectivity index (χ4v) is 17.9. The number of aromatic nitrogens is 2. The van der Waals surface area contributed by atoms with Crippen LogP contribution in [0, 0.1) is 65.1 Å². The van der Waals surface area contributed by atoms with Crippen LogP contribution in [0.25, 0.3) is 77.5 Å². The first kappa shape index (κ1) is 90.9. The molecule has 6 aromatic carbocycles. The van der Waals surface area contributed by atoms with Gasteiger partial charge in [0.2, 0.25) is 10.9 Å². The van der Waals surface area contributed by atoms with E-state index < -0.39 is 152 Å². The summed E-state index contributed by atoms with van der Waals surface area (Å²) in [6.07, 6.45) is 14.6. The van der Waals surface area contributed by atoms with Crippen molar-refractivity contribution in [3.63, 3.8) is 0 Å². The van der Waals surface area contributed by atoms with Crippen LogP contribution < -0.4 is 62.1 Å². The van der Waals surface area contributed by atoms with Crippen LogP contribution in [0.4, 0.5) is 22.7 Å². The van der Waals surface area contributed by atoms with Crippen LogP contribution in [-0.4, -0.2) is 149 Å². The maximum atomic E-state index is 14.0. The van der Waals surface area contributed by atoms with Gasteiger partial charge in [-0.3, -0.25) is 38.4 Å². The van der Waals surface area contributed by atoms with Crippen molar-refractivity contribution >= 4 is 124 Å². The first-order valence-corrected chi connectivity index (χ1v) is 42.8. The smallest absolute Gasteiger partial charge is 0.307 e. The number of nitrogens with zero attached hydrogens (tertiary/aromatic N) is 4. The zero-order valence-electron chi connectivity index (χ0n) is 73.3. The molecule has 30 nitrogen and oxygen atoms in total. The summed E-state index contributed by atoms with van der Waals surface area (Å²) < 4.78 is 48.9. The molecule has 10 heterocycles. The number of aliphatic hydroxyl groups is 6. The van der Waals surface area contributed by atoms with Crippen molar-refractivity contribution in [2.75, 3.05) is 46.6 Å². The lowest BCUT2D eigenvalue weighted by Crippen LogP contribution is -2.45. The number of ether oxygens (including phenoxy) is 6. The molecule has 8 aliphatic heterocycles. The number of esters is 2. The zero-order chi connectivity index (χ0) is 90.8. The van der Waals surface area contributed by atoms with Crippen molar-refractivity contribution < 1.29 is 97.3 Å². The highest BCUT2D eigenvalue weighted by Gasteiger charge is 2.46.